The van der Waals surface area contributed by atoms with Crippen LogP contribution in [0.1, 0.15) is 12.8 Å². The Morgan fingerprint density at radius 3 is 2.15 bits per heavy atom. The predicted octanol–water partition coefficient (Wildman–Crippen LogP) is -0.219. The summed E-state index contributed by atoms with van der Waals surface area (Å²) in [5.74, 6) is -0.334. The van der Waals surface area contributed by atoms with Crippen LogP contribution in [0, 0.1) is 0 Å². The van der Waals surface area contributed by atoms with Gasteiger partial charge in [-0.3, -0.25) is 4.90 Å². The number of nitrogens with two attached hydrogens (primary N) is 1. The summed E-state index contributed by atoms with van der Waals surface area (Å²) in [7, 11) is 3.40. The second-order valence-corrected chi connectivity index (χ2v) is 4.11. The monoisotopic (exact) mass is 186 g/mol. The van der Waals surface area contributed by atoms with Crippen molar-refractivity contribution in [2.24, 2.45) is 5.73 Å². The second kappa shape index (κ2) is 3.20. The minimum absolute atomic E-state index is 0.334. The Labute approximate surface area is 79.0 Å². The first kappa shape index (κ1) is 9.40. The van der Waals surface area contributed by atoms with Crippen molar-refractivity contribution < 1.29 is 9.47 Å². The number of hydrogen-bond acceptors (Lipinski definition) is 4. The lowest BCUT2D eigenvalue weighted by atomic mass is 9.84. The maximum Gasteiger partial charge on any atom is 0.193 e. The van der Waals surface area contributed by atoms with Gasteiger partial charge in [-0.25, -0.2) is 0 Å². The fourth-order valence-corrected chi connectivity index (χ4v) is 2.10. The molecule has 0 radical (unpaired) electrons. The largest absolute Gasteiger partial charge is 0.351 e. The molecule has 1 aliphatic carbocycles. The molecule has 1 aliphatic heterocycles. The Morgan fingerprint density at radius 2 is 1.77 bits per heavy atom. The van der Waals surface area contributed by atoms with E-state index in [0.717, 1.165) is 25.9 Å². The van der Waals surface area contributed by atoms with Crippen LogP contribution in [0.5, 0.6) is 0 Å². The number of nitrogens with zero attached hydrogens (tertiary/aromatic N) is 1. The van der Waals surface area contributed by atoms with E-state index in [-0.39, 0.29) is 5.79 Å². The van der Waals surface area contributed by atoms with E-state index in [1.807, 2.05) is 0 Å². The van der Waals surface area contributed by atoms with E-state index in [1.54, 1.807) is 14.2 Å². The Hall–Kier alpha value is -0.160. The molecule has 76 valence electrons. The molecule has 0 spiro atoms. The topological polar surface area (TPSA) is 47.7 Å². The van der Waals surface area contributed by atoms with Crippen molar-refractivity contribution in [3.8, 4) is 0 Å². The predicted molar refractivity (Wildman–Crippen MR) is 49.3 cm³/mol. The quantitative estimate of drug-likeness (QED) is 0.619. The summed E-state index contributed by atoms with van der Waals surface area (Å²) in [6.07, 6.45) is 2.26. The first-order valence-corrected chi connectivity index (χ1v) is 4.79. The number of methoxy groups -OCH3 is 2. The summed E-state index contributed by atoms with van der Waals surface area (Å²) >= 11 is 0. The zero-order valence-corrected chi connectivity index (χ0v) is 8.32. The van der Waals surface area contributed by atoms with Crippen LogP contribution < -0.4 is 5.73 Å². The maximum atomic E-state index is 5.73. The van der Waals surface area contributed by atoms with Gasteiger partial charge >= 0.3 is 0 Å². The summed E-state index contributed by atoms with van der Waals surface area (Å²) in [5, 5.41) is 0. The van der Waals surface area contributed by atoms with E-state index in [2.05, 4.69) is 4.90 Å². The van der Waals surface area contributed by atoms with Gasteiger partial charge in [-0.15, -0.1) is 0 Å². The normalized spacial score (nSPS) is 38.1. The summed E-state index contributed by atoms with van der Waals surface area (Å²) in [6.45, 7) is 1.77. The van der Waals surface area contributed by atoms with Gasteiger partial charge in [-0.2, -0.15) is 0 Å². The average Bonchev–Trinajstić information content (AvgIpc) is 2.01. The molecule has 0 bridgehead atoms. The van der Waals surface area contributed by atoms with Crippen molar-refractivity contribution in [2.45, 2.75) is 30.7 Å². The van der Waals surface area contributed by atoms with Gasteiger partial charge in [0.25, 0.3) is 0 Å². The standard InChI is InChI=1S/C9H18N2O2/c1-12-9(13-2)5-11(6-9)8-3-7(10)4-8/h7-8H,3-6,10H2,1-2H3. The van der Waals surface area contributed by atoms with Crippen molar-refractivity contribution in [2.75, 3.05) is 27.3 Å². The molecular weight excluding hydrogens is 168 g/mol. The van der Waals surface area contributed by atoms with Crippen LogP contribution in [0.2, 0.25) is 0 Å². The van der Waals surface area contributed by atoms with E-state index in [1.165, 1.54) is 0 Å². The molecule has 2 rings (SSSR count). The molecule has 13 heavy (non-hydrogen) atoms. The molecule has 1 heterocycles. The lowest BCUT2D eigenvalue weighted by Crippen LogP contribution is -2.69. The van der Waals surface area contributed by atoms with Crippen molar-refractivity contribution in [3.63, 3.8) is 0 Å². The molecule has 4 nitrogen and oxygen atoms in total. The van der Waals surface area contributed by atoms with Crippen molar-refractivity contribution >= 4 is 0 Å². The fourth-order valence-electron chi connectivity index (χ4n) is 2.10. The smallest absolute Gasteiger partial charge is 0.193 e. The number of ether oxygens (including phenoxy) is 2. The average molecular weight is 186 g/mol. The van der Waals surface area contributed by atoms with Gasteiger partial charge in [0.1, 0.15) is 0 Å². The van der Waals surface area contributed by atoms with E-state index in [4.69, 9.17) is 15.2 Å². The van der Waals surface area contributed by atoms with E-state index >= 15 is 0 Å². The Kier molecular flexibility index (Phi) is 2.32. The molecule has 2 N–H and O–H groups in total. The molecule has 0 amide bonds. The first-order chi connectivity index (χ1) is 6.19. The molecule has 2 fully saturated rings. The van der Waals surface area contributed by atoms with Crippen LogP contribution in [0.3, 0.4) is 0 Å². The summed E-state index contributed by atoms with van der Waals surface area (Å²) < 4.78 is 10.6. The third kappa shape index (κ3) is 1.48. The van der Waals surface area contributed by atoms with Gasteiger partial charge in [0.15, 0.2) is 5.79 Å². The fraction of sp³-hybridized carbons (Fsp3) is 1.00. The summed E-state index contributed by atoms with van der Waals surface area (Å²) in [5.41, 5.74) is 5.73. The lowest BCUT2D eigenvalue weighted by Gasteiger charge is -2.54. The van der Waals surface area contributed by atoms with Gasteiger partial charge in [0.2, 0.25) is 0 Å². The highest BCUT2D eigenvalue weighted by atomic mass is 16.7. The third-order valence-electron chi connectivity index (χ3n) is 3.30. The molecular formula is C9H18N2O2. The van der Waals surface area contributed by atoms with E-state index in [0.29, 0.717) is 12.1 Å². The zero-order valence-electron chi connectivity index (χ0n) is 8.32. The van der Waals surface area contributed by atoms with Gasteiger partial charge in [0.05, 0.1) is 13.1 Å². The van der Waals surface area contributed by atoms with Crippen LogP contribution in [0.25, 0.3) is 0 Å². The van der Waals surface area contributed by atoms with E-state index < -0.39 is 0 Å². The van der Waals surface area contributed by atoms with Crippen LogP contribution in [0.15, 0.2) is 0 Å². The van der Waals surface area contributed by atoms with E-state index in [9.17, 15) is 0 Å². The maximum absolute atomic E-state index is 5.73. The van der Waals surface area contributed by atoms with Crippen molar-refractivity contribution in [1.29, 1.82) is 0 Å². The second-order valence-electron chi connectivity index (χ2n) is 4.11. The van der Waals surface area contributed by atoms with Gasteiger partial charge < -0.3 is 15.2 Å². The summed E-state index contributed by atoms with van der Waals surface area (Å²) in [4.78, 5) is 2.39. The minimum atomic E-state index is -0.334. The SMILES string of the molecule is COC1(OC)CN(C2CC(N)C2)C1. The van der Waals surface area contributed by atoms with Crippen LogP contribution in [0.4, 0.5) is 0 Å². The Morgan fingerprint density at radius 1 is 1.23 bits per heavy atom. The first-order valence-electron chi connectivity index (χ1n) is 4.79. The van der Waals surface area contributed by atoms with Crippen LogP contribution >= 0.6 is 0 Å². The number of rotatable bonds is 3. The molecule has 1 saturated heterocycles. The molecule has 1 saturated carbocycles. The van der Waals surface area contributed by atoms with Crippen LogP contribution in [-0.4, -0.2) is 50.1 Å². The molecule has 0 aromatic carbocycles. The zero-order chi connectivity index (χ0) is 9.47. The highest BCUT2D eigenvalue weighted by Crippen LogP contribution is 2.34. The van der Waals surface area contributed by atoms with Gasteiger partial charge in [-0.05, 0) is 12.8 Å². The molecule has 0 atom stereocenters. The third-order valence-corrected chi connectivity index (χ3v) is 3.30. The minimum Gasteiger partial charge on any atom is -0.351 e. The van der Waals surface area contributed by atoms with Crippen molar-refractivity contribution in [1.82, 2.24) is 4.90 Å². The van der Waals surface area contributed by atoms with Gasteiger partial charge in [0, 0.05) is 26.3 Å². The van der Waals surface area contributed by atoms with Crippen LogP contribution in [-0.2, 0) is 9.47 Å². The Balaban J connectivity index is 1.77. The van der Waals surface area contributed by atoms with Gasteiger partial charge in [-0.1, -0.05) is 0 Å². The molecule has 2 aliphatic rings. The number of hydrogen-bond donors (Lipinski definition) is 1. The molecule has 0 unspecified atom stereocenters. The highest BCUT2D eigenvalue weighted by Gasteiger charge is 2.48. The molecule has 0 aromatic rings. The van der Waals surface area contributed by atoms with Crippen molar-refractivity contribution in [3.05, 3.63) is 0 Å². The number of likely N-dealkylation sites (tertiary alicyclic amines) is 1. The molecule has 0 aromatic heterocycles. The summed E-state index contributed by atoms with van der Waals surface area (Å²) in [6, 6.07) is 1.10. The molecule has 4 heteroatoms. The highest BCUT2D eigenvalue weighted by molar-refractivity contribution is 4.99. The lowest BCUT2D eigenvalue weighted by molar-refractivity contribution is -0.286. The Bertz CT molecular complexity index is 180.